The molecule has 1 aromatic carbocycles. The van der Waals surface area contributed by atoms with Gasteiger partial charge in [0, 0.05) is 0 Å². The molecule has 0 radical (unpaired) electrons. The molecular weight excluding hydrogens is 312 g/mol. The molecule has 0 aliphatic rings. The second-order valence-corrected chi connectivity index (χ2v) is 5.44. The van der Waals surface area contributed by atoms with Crippen LogP contribution in [-0.4, -0.2) is 23.0 Å². The smallest absolute Gasteiger partial charge is 0.326 e. The molecule has 1 amide bonds. The number of carboxylic acid groups (broad SMARTS) is 1. The lowest BCUT2D eigenvalue weighted by Crippen LogP contribution is -2.44. The summed E-state index contributed by atoms with van der Waals surface area (Å²) in [4.78, 5) is 23.1. The first-order valence-electron chi connectivity index (χ1n) is 5.42. The van der Waals surface area contributed by atoms with E-state index in [-0.39, 0.29) is 26.5 Å². The second kappa shape index (κ2) is 6.46. The number of carbonyl (C=O) groups excluding carboxylic acids is 1. The van der Waals surface area contributed by atoms with Crippen LogP contribution in [0.15, 0.2) is 12.1 Å². The van der Waals surface area contributed by atoms with Crippen LogP contribution in [0.25, 0.3) is 0 Å². The van der Waals surface area contributed by atoms with E-state index >= 15 is 0 Å². The Labute approximate surface area is 125 Å². The van der Waals surface area contributed by atoms with Crippen molar-refractivity contribution in [2.75, 3.05) is 0 Å². The molecule has 7 heteroatoms. The number of carboxylic acids is 1. The summed E-state index contributed by atoms with van der Waals surface area (Å²) in [5.74, 6) is -2.07. The molecule has 4 nitrogen and oxygen atoms in total. The summed E-state index contributed by atoms with van der Waals surface area (Å²) in [6, 6.07) is 1.86. The monoisotopic (exact) mass is 323 g/mol. The number of nitrogens with one attached hydrogen (secondary N) is 1. The molecule has 2 N–H and O–H groups in total. The number of aliphatic carboxylic acids is 1. The van der Waals surface area contributed by atoms with Gasteiger partial charge in [-0.3, -0.25) is 4.79 Å². The quantitative estimate of drug-likeness (QED) is 0.833. The highest BCUT2D eigenvalue weighted by molar-refractivity contribution is 6.46. The van der Waals surface area contributed by atoms with E-state index in [9.17, 15) is 9.59 Å². The third-order valence-electron chi connectivity index (χ3n) is 2.49. The fourth-order valence-corrected chi connectivity index (χ4v) is 2.16. The highest BCUT2D eigenvalue weighted by Gasteiger charge is 2.26. The van der Waals surface area contributed by atoms with Crippen molar-refractivity contribution in [3.8, 4) is 0 Å². The molecule has 1 atom stereocenters. The first kappa shape index (κ1) is 16.1. The van der Waals surface area contributed by atoms with E-state index in [0.717, 1.165) is 0 Å². The maximum atomic E-state index is 12.1. The fourth-order valence-electron chi connectivity index (χ4n) is 1.46. The van der Waals surface area contributed by atoms with E-state index in [1.807, 2.05) is 0 Å². The van der Waals surface area contributed by atoms with Gasteiger partial charge < -0.3 is 10.4 Å². The van der Waals surface area contributed by atoms with Crippen LogP contribution in [0.4, 0.5) is 0 Å². The lowest BCUT2D eigenvalue weighted by Gasteiger charge is -2.18. The molecule has 19 heavy (non-hydrogen) atoms. The van der Waals surface area contributed by atoms with Crippen LogP contribution in [0.5, 0.6) is 0 Å². The second-order valence-electron chi connectivity index (χ2n) is 4.25. The maximum Gasteiger partial charge on any atom is 0.326 e. The summed E-state index contributed by atoms with van der Waals surface area (Å²) in [7, 11) is 0. The van der Waals surface area contributed by atoms with Crippen LogP contribution < -0.4 is 5.32 Å². The van der Waals surface area contributed by atoms with Crippen molar-refractivity contribution in [3.05, 3.63) is 32.8 Å². The van der Waals surface area contributed by atoms with Crippen LogP contribution in [-0.2, 0) is 4.79 Å². The van der Waals surface area contributed by atoms with Gasteiger partial charge in [-0.25, -0.2) is 4.79 Å². The molecule has 0 saturated heterocycles. The van der Waals surface area contributed by atoms with Gasteiger partial charge in [-0.1, -0.05) is 48.7 Å². The third kappa shape index (κ3) is 3.75. The summed E-state index contributed by atoms with van der Waals surface area (Å²) in [6.07, 6.45) is 0. The zero-order valence-electron chi connectivity index (χ0n) is 10.2. The first-order chi connectivity index (χ1) is 8.75. The topological polar surface area (TPSA) is 66.4 Å². The zero-order valence-corrected chi connectivity index (χ0v) is 12.5. The lowest BCUT2D eigenvalue weighted by atomic mass is 10.0. The number of hydrogen-bond acceptors (Lipinski definition) is 2. The lowest BCUT2D eigenvalue weighted by molar-refractivity contribution is -0.140. The molecule has 0 heterocycles. The molecule has 1 unspecified atom stereocenters. The van der Waals surface area contributed by atoms with E-state index in [1.54, 1.807) is 13.8 Å². The van der Waals surface area contributed by atoms with Crippen molar-refractivity contribution in [3.63, 3.8) is 0 Å². The molecule has 1 aromatic rings. The minimum absolute atomic E-state index is 0.000406. The van der Waals surface area contributed by atoms with E-state index in [4.69, 9.17) is 39.9 Å². The number of carbonyl (C=O) groups is 2. The van der Waals surface area contributed by atoms with Gasteiger partial charge >= 0.3 is 5.97 Å². The number of halogens is 3. The number of amides is 1. The average Bonchev–Trinajstić information content (AvgIpc) is 2.30. The minimum atomic E-state index is -1.13. The van der Waals surface area contributed by atoms with Gasteiger partial charge in [0.1, 0.15) is 6.04 Å². The van der Waals surface area contributed by atoms with Crippen LogP contribution in [0.1, 0.15) is 24.2 Å². The largest absolute Gasteiger partial charge is 0.480 e. The molecule has 0 aliphatic heterocycles. The number of benzene rings is 1. The van der Waals surface area contributed by atoms with Gasteiger partial charge in [0.15, 0.2) is 0 Å². The van der Waals surface area contributed by atoms with Crippen molar-refractivity contribution in [1.29, 1.82) is 0 Å². The molecule has 104 valence electrons. The fraction of sp³-hybridized carbons (Fsp3) is 0.333. The number of rotatable bonds is 4. The van der Waals surface area contributed by atoms with Crippen LogP contribution in [0, 0.1) is 5.92 Å². The summed E-state index contributed by atoms with van der Waals surface area (Å²) < 4.78 is 0. The van der Waals surface area contributed by atoms with Gasteiger partial charge in [0.2, 0.25) is 0 Å². The minimum Gasteiger partial charge on any atom is -0.480 e. The standard InChI is InChI=1S/C12H12Cl3NO3/c1-5(2)10(12(18)19)16-11(17)8-6(13)3-4-7(14)9(8)15/h3-5,10H,1-2H3,(H,16,17)(H,18,19). The maximum absolute atomic E-state index is 12.1. The van der Waals surface area contributed by atoms with Crippen LogP contribution in [0.2, 0.25) is 15.1 Å². The average molecular weight is 325 g/mol. The Bertz CT molecular complexity index is 517. The van der Waals surface area contributed by atoms with Gasteiger partial charge in [0.25, 0.3) is 5.91 Å². The van der Waals surface area contributed by atoms with Crippen molar-refractivity contribution in [2.45, 2.75) is 19.9 Å². The van der Waals surface area contributed by atoms with E-state index in [1.165, 1.54) is 12.1 Å². The number of hydrogen-bond donors (Lipinski definition) is 2. The molecule has 0 fully saturated rings. The third-order valence-corrected chi connectivity index (χ3v) is 3.61. The highest BCUT2D eigenvalue weighted by atomic mass is 35.5. The van der Waals surface area contributed by atoms with E-state index < -0.39 is 17.9 Å². The molecule has 0 aliphatic carbocycles. The van der Waals surface area contributed by atoms with Crippen molar-refractivity contribution < 1.29 is 14.7 Å². The SMILES string of the molecule is CC(C)C(NC(=O)c1c(Cl)ccc(Cl)c1Cl)C(=O)O. The Kier molecular flexibility index (Phi) is 5.47. The zero-order chi connectivity index (χ0) is 14.7. The summed E-state index contributed by atoms with van der Waals surface area (Å²) in [5, 5.41) is 11.7. The van der Waals surface area contributed by atoms with Crippen LogP contribution >= 0.6 is 34.8 Å². The molecule has 1 rings (SSSR count). The van der Waals surface area contributed by atoms with Crippen LogP contribution in [0.3, 0.4) is 0 Å². The van der Waals surface area contributed by atoms with Gasteiger partial charge in [-0.15, -0.1) is 0 Å². The Morgan fingerprint density at radius 3 is 2.16 bits per heavy atom. The van der Waals surface area contributed by atoms with Crippen molar-refractivity contribution >= 4 is 46.7 Å². The molecule has 0 spiro atoms. The Morgan fingerprint density at radius 1 is 1.16 bits per heavy atom. The van der Waals surface area contributed by atoms with Gasteiger partial charge in [-0.05, 0) is 18.1 Å². The molecular formula is C12H12Cl3NO3. The summed E-state index contributed by atoms with van der Waals surface area (Å²) in [6.45, 7) is 3.36. The predicted octanol–water partition coefficient (Wildman–Crippen LogP) is 3.49. The highest BCUT2D eigenvalue weighted by Crippen LogP contribution is 2.31. The van der Waals surface area contributed by atoms with Crippen molar-refractivity contribution in [2.24, 2.45) is 5.92 Å². The van der Waals surface area contributed by atoms with E-state index in [0.29, 0.717) is 0 Å². The molecule has 0 bridgehead atoms. The normalized spacial score (nSPS) is 12.3. The van der Waals surface area contributed by atoms with Gasteiger partial charge in [-0.2, -0.15) is 0 Å². The summed E-state index contributed by atoms with van der Waals surface area (Å²) >= 11 is 17.6. The first-order valence-corrected chi connectivity index (χ1v) is 6.56. The molecule has 0 aromatic heterocycles. The van der Waals surface area contributed by atoms with Crippen molar-refractivity contribution in [1.82, 2.24) is 5.32 Å². The van der Waals surface area contributed by atoms with E-state index in [2.05, 4.69) is 5.32 Å². The Balaban J connectivity index is 3.08. The molecule has 0 saturated carbocycles. The predicted molar refractivity (Wildman–Crippen MR) is 75.2 cm³/mol. The Hall–Kier alpha value is -0.970. The summed E-state index contributed by atoms with van der Waals surface area (Å²) in [5.41, 5.74) is -0.0252. The van der Waals surface area contributed by atoms with Gasteiger partial charge in [0.05, 0.1) is 20.6 Å². The Morgan fingerprint density at radius 2 is 1.68 bits per heavy atom.